The lowest BCUT2D eigenvalue weighted by molar-refractivity contribution is 0.172. The number of anilines is 1. The highest BCUT2D eigenvalue weighted by molar-refractivity contribution is 7.15. The normalized spacial score (nSPS) is 13.4. The lowest BCUT2D eigenvalue weighted by Crippen LogP contribution is -2.50. The molecule has 1 unspecified atom stereocenters. The van der Waals surface area contributed by atoms with Crippen molar-refractivity contribution in [2.45, 2.75) is 32.2 Å². The second kappa shape index (κ2) is 7.47. The van der Waals surface area contributed by atoms with Crippen LogP contribution >= 0.6 is 11.3 Å². The first-order chi connectivity index (χ1) is 10.9. The minimum Gasteiger partial charge on any atom is -0.394 e. The van der Waals surface area contributed by atoms with Crippen LogP contribution in [-0.2, 0) is 6.42 Å². The molecule has 124 valence electrons. The Morgan fingerprint density at radius 3 is 2.87 bits per heavy atom. The fourth-order valence-corrected chi connectivity index (χ4v) is 2.61. The van der Waals surface area contributed by atoms with E-state index in [9.17, 15) is 14.3 Å². The summed E-state index contributed by atoms with van der Waals surface area (Å²) >= 11 is 1.22. The summed E-state index contributed by atoms with van der Waals surface area (Å²) < 4.78 is 13.2. The first-order valence-corrected chi connectivity index (χ1v) is 8.02. The Balaban J connectivity index is 1.95. The van der Waals surface area contributed by atoms with E-state index in [1.54, 1.807) is 19.1 Å². The third-order valence-electron chi connectivity index (χ3n) is 3.48. The molecule has 1 aromatic heterocycles. The van der Waals surface area contributed by atoms with E-state index in [1.165, 1.54) is 23.5 Å². The van der Waals surface area contributed by atoms with Crippen molar-refractivity contribution < 1.29 is 14.3 Å². The molecule has 0 spiro atoms. The van der Waals surface area contributed by atoms with Gasteiger partial charge in [-0.2, -0.15) is 0 Å². The SMILES string of the molecule is CCC(C)(CO)NC(=O)Nc1nnc(Cc2cccc(F)c2)s1. The number of urea groups is 1. The van der Waals surface area contributed by atoms with Gasteiger partial charge in [0.1, 0.15) is 10.8 Å². The van der Waals surface area contributed by atoms with Crippen LogP contribution in [0.2, 0.25) is 0 Å². The summed E-state index contributed by atoms with van der Waals surface area (Å²) in [6.07, 6.45) is 1.04. The molecule has 0 fully saturated rings. The highest BCUT2D eigenvalue weighted by atomic mass is 32.1. The molecule has 0 saturated heterocycles. The van der Waals surface area contributed by atoms with Crippen LogP contribution in [0.3, 0.4) is 0 Å². The number of carbonyl (C=O) groups excluding carboxylic acids is 1. The van der Waals surface area contributed by atoms with E-state index >= 15 is 0 Å². The van der Waals surface area contributed by atoms with E-state index in [0.717, 1.165) is 5.56 Å². The Labute approximate surface area is 137 Å². The number of amides is 2. The molecule has 0 aliphatic carbocycles. The first kappa shape index (κ1) is 17.3. The van der Waals surface area contributed by atoms with Crippen LogP contribution in [0.15, 0.2) is 24.3 Å². The zero-order valence-corrected chi connectivity index (χ0v) is 13.8. The van der Waals surface area contributed by atoms with Gasteiger partial charge in [-0.1, -0.05) is 30.4 Å². The van der Waals surface area contributed by atoms with Crippen molar-refractivity contribution >= 4 is 22.5 Å². The average molecular weight is 338 g/mol. The summed E-state index contributed by atoms with van der Waals surface area (Å²) in [5.74, 6) is -0.299. The van der Waals surface area contributed by atoms with Crippen molar-refractivity contribution in [3.63, 3.8) is 0 Å². The maximum absolute atomic E-state index is 13.2. The minimum absolute atomic E-state index is 0.155. The highest BCUT2D eigenvalue weighted by Crippen LogP contribution is 2.19. The van der Waals surface area contributed by atoms with Gasteiger partial charge >= 0.3 is 6.03 Å². The maximum Gasteiger partial charge on any atom is 0.321 e. The van der Waals surface area contributed by atoms with Crippen molar-refractivity contribution in [1.29, 1.82) is 0 Å². The summed E-state index contributed by atoms with van der Waals surface area (Å²) in [4.78, 5) is 11.9. The molecule has 1 aromatic carbocycles. The summed E-state index contributed by atoms with van der Waals surface area (Å²) in [5.41, 5.74) is 0.107. The average Bonchev–Trinajstić information content (AvgIpc) is 2.94. The number of aliphatic hydroxyl groups excluding tert-OH is 1. The van der Waals surface area contributed by atoms with Gasteiger partial charge in [0.05, 0.1) is 12.1 Å². The van der Waals surface area contributed by atoms with Gasteiger partial charge in [-0.3, -0.25) is 5.32 Å². The number of aliphatic hydroxyl groups is 1. The zero-order chi connectivity index (χ0) is 16.9. The van der Waals surface area contributed by atoms with Crippen LogP contribution in [0.5, 0.6) is 0 Å². The van der Waals surface area contributed by atoms with Crippen LogP contribution < -0.4 is 10.6 Å². The van der Waals surface area contributed by atoms with Crippen molar-refractivity contribution in [2.24, 2.45) is 0 Å². The smallest absolute Gasteiger partial charge is 0.321 e. The van der Waals surface area contributed by atoms with Gasteiger partial charge in [0, 0.05) is 6.42 Å². The number of rotatable bonds is 6. The summed E-state index contributed by atoms with van der Waals surface area (Å²) in [6.45, 7) is 3.47. The molecule has 2 aromatic rings. The lowest BCUT2D eigenvalue weighted by atomic mass is 10.0. The number of hydrogen-bond donors (Lipinski definition) is 3. The Morgan fingerprint density at radius 2 is 2.22 bits per heavy atom. The fourth-order valence-electron chi connectivity index (χ4n) is 1.84. The van der Waals surface area contributed by atoms with E-state index in [2.05, 4.69) is 20.8 Å². The molecular weight excluding hydrogens is 319 g/mol. The highest BCUT2D eigenvalue weighted by Gasteiger charge is 2.23. The largest absolute Gasteiger partial charge is 0.394 e. The van der Waals surface area contributed by atoms with E-state index in [4.69, 9.17) is 0 Å². The molecule has 6 nitrogen and oxygen atoms in total. The quantitative estimate of drug-likeness (QED) is 0.755. The standard InChI is InChI=1S/C15H19FN4O2S/c1-3-15(2,9-21)18-13(22)17-14-20-19-12(23-14)8-10-5-4-6-11(16)7-10/h4-7,21H,3,8-9H2,1-2H3,(H2,17,18,20,22). The molecule has 23 heavy (non-hydrogen) atoms. The van der Waals surface area contributed by atoms with Gasteiger partial charge in [-0.05, 0) is 31.0 Å². The Morgan fingerprint density at radius 1 is 1.43 bits per heavy atom. The Kier molecular flexibility index (Phi) is 5.62. The van der Waals surface area contributed by atoms with Crippen LogP contribution in [0.4, 0.5) is 14.3 Å². The Bertz CT molecular complexity index is 673. The van der Waals surface area contributed by atoms with Gasteiger partial charge in [0.25, 0.3) is 0 Å². The second-order valence-electron chi connectivity index (χ2n) is 5.46. The predicted octanol–water partition coefficient (Wildman–Crippen LogP) is 2.55. The second-order valence-corrected chi connectivity index (χ2v) is 6.52. The molecule has 1 heterocycles. The molecule has 0 aliphatic rings. The van der Waals surface area contributed by atoms with Crippen LogP contribution in [0.25, 0.3) is 0 Å². The van der Waals surface area contributed by atoms with E-state index in [-0.39, 0.29) is 12.4 Å². The van der Waals surface area contributed by atoms with Gasteiger partial charge in [0.15, 0.2) is 0 Å². The van der Waals surface area contributed by atoms with Gasteiger partial charge < -0.3 is 10.4 Å². The van der Waals surface area contributed by atoms with E-state index in [1.807, 2.05) is 6.92 Å². The number of hydrogen-bond acceptors (Lipinski definition) is 5. The molecule has 2 amide bonds. The molecule has 2 rings (SSSR count). The van der Waals surface area contributed by atoms with Crippen molar-refractivity contribution in [3.05, 3.63) is 40.7 Å². The number of nitrogens with zero attached hydrogens (tertiary/aromatic N) is 2. The predicted molar refractivity (Wildman–Crippen MR) is 87.1 cm³/mol. The summed E-state index contributed by atoms with van der Waals surface area (Å²) in [6, 6.07) is 5.82. The minimum atomic E-state index is -0.681. The van der Waals surface area contributed by atoms with Crippen LogP contribution in [0, 0.1) is 5.82 Å². The topological polar surface area (TPSA) is 87.1 Å². The molecule has 0 aliphatic heterocycles. The molecule has 8 heteroatoms. The van der Waals surface area contributed by atoms with Crippen molar-refractivity contribution in [3.8, 4) is 0 Å². The van der Waals surface area contributed by atoms with Crippen LogP contribution in [0.1, 0.15) is 30.8 Å². The van der Waals surface area contributed by atoms with Gasteiger partial charge in [-0.15, -0.1) is 10.2 Å². The molecule has 0 bridgehead atoms. The van der Waals surface area contributed by atoms with Crippen molar-refractivity contribution in [1.82, 2.24) is 15.5 Å². The number of halogens is 1. The molecule has 0 radical (unpaired) electrons. The molecular formula is C15H19FN4O2S. The number of nitrogens with one attached hydrogen (secondary N) is 2. The number of carbonyl (C=O) groups is 1. The number of benzene rings is 1. The monoisotopic (exact) mass is 338 g/mol. The molecule has 1 atom stereocenters. The fraction of sp³-hybridized carbons (Fsp3) is 0.400. The van der Waals surface area contributed by atoms with Crippen LogP contribution in [-0.4, -0.2) is 33.5 Å². The lowest BCUT2D eigenvalue weighted by Gasteiger charge is -2.26. The van der Waals surface area contributed by atoms with Crippen molar-refractivity contribution in [2.75, 3.05) is 11.9 Å². The van der Waals surface area contributed by atoms with E-state index < -0.39 is 11.6 Å². The van der Waals surface area contributed by atoms with E-state index in [0.29, 0.717) is 23.0 Å². The molecule has 3 N–H and O–H groups in total. The summed E-state index contributed by atoms with van der Waals surface area (Å²) in [5, 5.41) is 23.5. The number of aromatic nitrogens is 2. The van der Waals surface area contributed by atoms with Gasteiger partial charge in [-0.25, -0.2) is 9.18 Å². The zero-order valence-electron chi connectivity index (χ0n) is 13.0. The molecule has 0 saturated carbocycles. The summed E-state index contributed by atoms with van der Waals surface area (Å²) in [7, 11) is 0. The Hall–Kier alpha value is -2.06. The maximum atomic E-state index is 13.2. The third kappa shape index (κ3) is 4.97. The van der Waals surface area contributed by atoms with Gasteiger partial charge in [0.2, 0.25) is 5.13 Å². The third-order valence-corrected chi connectivity index (χ3v) is 4.31. The first-order valence-electron chi connectivity index (χ1n) is 7.21.